The third kappa shape index (κ3) is 4.39. The van der Waals surface area contributed by atoms with E-state index in [1.54, 1.807) is 7.05 Å². The molecule has 5 heteroatoms. The maximum atomic E-state index is 11.3. The van der Waals surface area contributed by atoms with Crippen LogP contribution in [-0.2, 0) is 4.79 Å². The van der Waals surface area contributed by atoms with Gasteiger partial charge in [-0.1, -0.05) is 23.7 Å². The van der Waals surface area contributed by atoms with Crippen molar-refractivity contribution in [3.8, 4) is 5.75 Å². The lowest BCUT2D eigenvalue weighted by molar-refractivity contribution is -0.121. The molecule has 1 amide bonds. The van der Waals surface area contributed by atoms with Crippen LogP contribution in [0.4, 0.5) is 0 Å². The topological polar surface area (TPSA) is 41.6 Å². The van der Waals surface area contributed by atoms with Gasteiger partial charge in [0.1, 0.15) is 11.9 Å². The fourth-order valence-corrected chi connectivity index (χ4v) is 2.60. The van der Waals surface area contributed by atoms with Crippen molar-refractivity contribution in [2.75, 3.05) is 26.7 Å². The zero-order chi connectivity index (χ0) is 14.4. The molecule has 0 aliphatic carbocycles. The van der Waals surface area contributed by atoms with Crippen LogP contribution < -0.4 is 10.1 Å². The third-order valence-electron chi connectivity index (χ3n) is 3.53. The van der Waals surface area contributed by atoms with Gasteiger partial charge in [0.2, 0.25) is 5.91 Å². The molecule has 1 aliphatic heterocycles. The van der Waals surface area contributed by atoms with Gasteiger partial charge in [-0.15, -0.1) is 0 Å². The number of nitrogens with one attached hydrogen (secondary N) is 1. The number of carbonyl (C=O) groups excluding carboxylic acids is 1. The highest BCUT2D eigenvalue weighted by Gasteiger charge is 2.22. The molecule has 1 fully saturated rings. The zero-order valence-electron chi connectivity index (χ0n) is 11.8. The fourth-order valence-electron chi connectivity index (χ4n) is 2.42. The summed E-state index contributed by atoms with van der Waals surface area (Å²) in [5.74, 6) is 0.825. The second-order valence-corrected chi connectivity index (χ2v) is 5.44. The highest BCUT2D eigenvalue weighted by Crippen LogP contribution is 2.26. The van der Waals surface area contributed by atoms with Crippen LogP contribution in [0.25, 0.3) is 0 Å². The molecule has 1 heterocycles. The number of rotatable bonds is 5. The predicted octanol–water partition coefficient (Wildman–Crippen LogP) is 2.32. The molecule has 0 saturated carbocycles. The molecule has 110 valence electrons. The summed E-state index contributed by atoms with van der Waals surface area (Å²) in [5.41, 5.74) is 0. The van der Waals surface area contributed by atoms with E-state index in [-0.39, 0.29) is 12.0 Å². The lowest BCUT2D eigenvalue weighted by atomic mass is 10.1. The summed E-state index contributed by atoms with van der Waals surface area (Å²) >= 11 is 6.11. The third-order valence-corrected chi connectivity index (χ3v) is 3.84. The van der Waals surface area contributed by atoms with E-state index >= 15 is 0 Å². The molecule has 1 aromatic rings. The Labute approximate surface area is 125 Å². The van der Waals surface area contributed by atoms with E-state index in [1.165, 1.54) is 0 Å². The van der Waals surface area contributed by atoms with Crippen LogP contribution in [0.1, 0.15) is 19.3 Å². The molecule has 0 unspecified atom stereocenters. The molecular formula is C15H21ClN2O2. The summed E-state index contributed by atoms with van der Waals surface area (Å²) in [5, 5.41) is 3.30. The molecule has 4 nitrogen and oxygen atoms in total. The smallest absolute Gasteiger partial charge is 0.221 e. The van der Waals surface area contributed by atoms with Crippen LogP contribution in [0.3, 0.4) is 0 Å². The Bertz CT molecular complexity index is 453. The predicted molar refractivity (Wildman–Crippen MR) is 80.2 cm³/mol. The first-order chi connectivity index (χ1) is 9.69. The number of carbonyl (C=O) groups is 1. The van der Waals surface area contributed by atoms with Crippen molar-refractivity contribution >= 4 is 17.5 Å². The summed E-state index contributed by atoms with van der Waals surface area (Å²) in [6.07, 6.45) is 2.80. The quantitative estimate of drug-likeness (QED) is 0.907. The molecular weight excluding hydrogens is 276 g/mol. The molecule has 1 aliphatic rings. The van der Waals surface area contributed by atoms with E-state index < -0.39 is 0 Å². The molecule has 1 N–H and O–H groups in total. The number of hydrogen-bond acceptors (Lipinski definition) is 3. The van der Waals surface area contributed by atoms with Crippen LogP contribution >= 0.6 is 11.6 Å². The van der Waals surface area contributed by atoms with Gasteiger partial charge in [0.15, 0.2) is 0 Å². The number of benzene rings is 1. The fraction of sp³-hybridized carbons (Fsp3) is 0.533. The number of nitrogens with zero attached hydrogens (tertiary/aromatic N) is 1. The molecule has 0 aromatic heterocycles. The largest absolute Gasteiger partial charge is 0.488 e. The van der Waals surface area contributed by atoms with E-state index in [1.807, 2.05) is 24.3 Å². The Kier molecular flexibility index (Phi) is 5.68. The Morgan fingerprint density at radius 3 is 3.05 bits per heavy atom. The lowest BCUT2D eigenvalue weighted by Crippen LogP contribution is -2.42. The van der Waals surface area contributed by atoms with Gasteiger partial charge >= 0.3 is 0 Å². The number of para-hydroxylation sites is 1. The minimum Gasteiger partial charge on any atom is -0.488 e. The molecule has 0 radical (unpaired) electrons. The number of ether oxygens (including phenoxy) is 1. The highest BCUT2D eigenvalue weighted by molar-refractivity contribution is 6.32. The van der Waals surface area contributed by atoms with Crippen LogP contribution in [0.5, 0.6) is 5.75 Å². The van der Waals surface area contributed by atoms with Gasteiger partial charge in [-0.3, -0.25) is 9.69 Å². The molecule has 0 spiro atoms. The van der Waals surface area contributed by atoms with Crippen LogP contribution in [0, 0.1) is 0 Å². The number of amides is 1. The maximum Gasteiger partial charge on any atom is 0.221 e. The van der Waals surface area contributed by atoms with Gasteiger partial charge in [-0.05, 0) is 31.5 Å². The normalized spacial score (nSPS) is 19.6. The minimum atomic E-state index is 0.0825. The van der Waals surface area contributed by atoms with Crippen LogP contribution in [-0.4, -0.2) is 43.6 Å². The standard InChI is InChI=1S/C15H21ClN2O2/c1-17-15(19)8-10-18-9-4-5-12(11-18)20-14-7-3-2-6-13(14)16/h2-3,6-7,12H,4-5,8-11H2,1H3,(H,17,19)/t12-/m0/s1. The summed E-state index contributed by atoms with van der Waals surface area (Å²) in [6.45, 7) is 2.66. The summed E-state index contributed by atoms with van der Waals surface area (Å²) in [4.78, 5) is 13.6. The second-order valence-electron chi connectivity index (χ2n) is 5.04. The van der Waals surface area contributed by atoms with Gasteiger partial charge in [0.05, 0.1) is 5.02 Å². The Hall–Kier alpha value is -1.26. The average molecular weight is 297 g/mol. The van der Waals surface area contributed by atoms with E-state index in [9.17, 15) is 4.79 Å². The lowest BCUT2D eigenvalue weighted by Gasteiger charge is -2.32. The molecule has 20 heavy (non-hydrogen) atoms. The Morgan fingerprint density at radius 2 is 2.30 bits per heavy atom. The van der Waals surface area contributed by atoms with E-state index in [2.05, 4.69) is 10.2 Å². The average Bonchev–Trinajstić information content (AvgIpc) is 2.47. The number of piperidine rings is 1. The zero-order valence-corrected chi connectivity index (χ0v) is 12.5. The molecule has 1 atom stereocenters. The van der Waals surface area contributed by atoms with Crippen molar-refractivity contribution in [3.63, 3.8) is 0 Å². The Balaban J connectivity index is 1.84. The van der Waals surface area contributed by atoms with E-state index in [0.29, 0.717) is 11.4 Å². The molecule has 0 bridgehead atoms. The van der Waals surface area contributed by atoms with Gasteiger partial charge in [-0.2, -0.15) is 0 Å². The van der Waals surface area contributed by atoms with E-state index in [4.69, 9.17) is 16.3 Å². The first-order valence-electron chi connectivity index (χ1n) is 7.03. The van der Waals surface area contributed by atoms with Crippen LogP contribution in [0.2, 0.25) is 5.02 Å². The summed E-state index contributed by atoms with van der Waals surface area (Å²) in [7, 11) is 1.67. The minimum absolute atomic E-state index is 0.0825. The van der Waals surface area contributed by atoms with Crippen molar-refractivity contribution in [1.29, 1.82) is 0 Å². The second kappa shape index (κ2) is 7.50. The monoisotopic (exact) mass is 296 g/mol. The first-order valence-corrected chi connectivity index (χ1v) is 7.41. The highest BCUT2D eigenvalue weighted by atomic mass is 35.5. The van der Waals surface area contributed by atoms with Gasteiger partial charge in [0, 0.05) is 26.6 Å². The maximum absolute atomic E-state index is 11.3. The van der Waals surface area contributed by atoms with Crippen molar-refractivity contribution < 1.29 is 9.53 Å². The number of hydrogen-bond donors (Lipinski definition) is 1. The van der Waals surface area contributed by atoms with Crippen LogP contribution in [0.15, 0.2) is 24.3 Å². The molecule has 2 rings (SSSR count). The summed E-state index contributed by atoms with van der Waals surface area (Å²) < 4.78 is 5.98. The number of likely N-dealkylation sites (tertiary alicyclic amines) is 1. The summed E-state index contributed by atoms with van der Waals surface area (Å²) in [6, 6.07) is 7.55. The van der Waals surface area contributed by atoms with Gasteiger partial charge in [0.25, 0.3) is 0 Å². The SMILES string of the molecule is CNC(=O)CCN1CCC[C@H](Oc2ccccc2Cl)C1. The molecule has 1 saturated heterocycles. The van der Waals surface area contributed by atoms with Gasteiger partial charge in [-0.25, -0.2) is 0 Å². The van der Waals surface area contributed by atoms with E-state index in [0.717, 1.165) is 38.2 Å². The van der Waals surface area contributed by atoms with Crippen molar-refractivity contribution in [2.45, 2.75) is 25.4 Å². The Morgan fingerprint density at radius 1 is 1.50 bits per heavy atom. The number of halogens is 1. The molecule has 1 aromatic carbocycles. The van der Waals surface area contributed by atoms with Crippen molar-refractivity contribution in [1.82, 2.24) is 10.2 Å². The van der Waals surface area contributed by atoms with Crippen molar-refractivity contribution in [2.24, 2.45) is 0 Å². The first kappa shape index (κ1) is 15.1. The van der Waals surface area contributed by atoms with Crippen molar-refractivity contribution in [3.05, 3.63) is 29.3 Å². The van der Waals surface area contributed by atoms with Gasteiger partial charge < -0.3 is 10.1 Å².